The molecule has 2 fully saturated rings. The lowest BCUT2D eigenvalue weighted by Gasteiger charge is -2.37. The number of hydrogen-bond acceptors (Lipinski definition) is 6. The van der Waals surface area contributed by atoms with Crippen LogP contribution in [-0.4, -0.2) is 37.8 Å². The molecule has 9 heteroatoms. The zero-order valence-electron chi connectivity index (χ0n) is 18.4. The largest absolute Gasteiger partial charge is 0.375 e. The third kappa shape index (κ3) is 4.01. The number of fused-ring (bicyclic) bond motifs is 1. The fourth-order valence-corrected chi connectivity index (χ4v) is 4.90. The number of aromatic nitrogens is 4. The van der Waals surface area contributed by atoms with E-state index in [1.54, 1.807) is 6.20 Å². The van der Waals surface area contributed by atoms with Crippen LogP contribution in [0.2, 0.25) is 0 Å². The van der Waals surface area contributed by atoms with Crippen molar-refractivity contribution in [2.45, 2.75) is 70.1 Å². The monoisotopic (exact) mass is 442 g/mol. The molecule has 2 aliphatic rings. The van der Waals surface area contributed by atoms with Gasteiger partial charge in [-0.3, -0.25) is 4.57 Å². The maximum Gasteiger partial charge on any atom is 0.224 e. The molecule has 1 saturated carbocycles. The first-order chi connectivity index (χ1) is 15.4. The summed E-state index contributed by atoms with van der Waals surface area (Å²) in [5.74, 6) is -0.279. The van der Waals surface area contributed by atoms with Crippen LogP contribution < -0.4 is 10.6 Å². The summed E-state index contributed by atoms with van der Waals surface area (Å²) in [6, 6.07) is 3.80. The molecule has 32 heavy (non-hydrogen) atoms. The third-order valence-corrected chi connectivity index (χ3v) is 6.44. The van der Waals surface area contributed by atoms with Gasteiger partial charge in [0.25, 0.3) is 0 Å². The minimum atomic E-state index is -0.668. The summed E-state index contributed by atoms with van der Waals surface area (Å²) in [6.45, 7) is 4.89. The van der Waals surface area contributed by atoms with Gasteiger partial charge in [0.2, 0.25) is 11.9 Å². The molecule has 1 spiro atoms. The van der Waals surface area contributed by atoms with Crippen LogP contribution in [0.25, 0.3) is 11.2 Å². The molecule has 3 aromatic rings. The summed E-state index contributed by atoms with van der Waals surface area (Å²) in [4.78, 5) is 13.8. The summed E-state index contributed by atoms with van der Waals surface area (Å²) < 4.78 is 35.9. The van der Waals surface area contributed by atoms with Crippen LogP contribution in [0.5, 0.6) is 0 Å². The van der Waals surface area contributed by atoms with Crippen molar-refractivity contribution < 1.29 is 13.5 Å². The lowest BCUT2D eigenvalue weighted by molar-refractivity contribution is -0.0327. The Morgan fingerprint density at radius 1 is 1.16 bits per heavy atom. The van der Waals surface area contributed by atoms with Gasteiger partial charge >= 0.3 is 0 Å². The number of rotatable bonds is 5. The Hall–Kier alpha value is -2.81. The predicted octanol–water partition coefficient (Wildman–Crippen LogP) is 5.33. The maximum absolute atomic E-state index is 14.4. The molecule has 0 amide bonds. The SMILES string of the molecule is CC(C)Nc1ncc2nc(Nc3ccc(F)cc3F)n(C3CCC4(CCCO4)CC3)c2n1. The lowest BCUT2D eigenvalue weighted by Crippen LogP contribution is -2.34. The number of benzene rings is 1. The zero-order valence-corrected chi connectivity index (χ0v) is 18.4. The van der Waals surface area contributed by atoms with Gasteiger partial charge in [0.1, 0.15) is 17.2 Å². The maximum atomic E-state index is 14.4. The van der Waals surface area contributed by atoms with E-state index in [-0.39, 0.29) is 23.4 Å². The number of nitrogens with zero attached hydrogens (tertiary/aromatic N) is 4. The molecular weight excluding hydrogens is 414 g/mol. The minimum absolute atomic E-state index is 0.00286. The van der Waals surface area contributed by atoms with Gasteiger partial charge in [-0.15, -0.1) is 0 Å². The molecule has 5 rings (SSSR count). The smallest absolute Gasteiger partial charge is 0.224 e. The van der Waals surface area contributed by atoms with Crippen LogP contribution in [0.3, 0.4) is 0 Å². The van der Waals surface area contributed by atoms with Gasteiger partial charge in [0.05, 0.1) is 17.5 Å². The molecule has 2 N–H and O–H groups in total. The third-order valence-electron chi connectivity index (χ3n) is 6.44. The predicted molar refractivity (Wildman–Crippen MR) is 119 cm³/mol. The molecule has 0 atom stereocenters. The van der Waals surface area contributed by atoms with Crippen LogP contribution in [-0.2, 0) is 4.74 Å². The first-order valence-corrected chi connectivity index (χ1v) is 11.3. The van der Waals surface area contributed by atoms with Gasteiger partial charge in [0.15, 0.2) is 5.65 Å². The Morgan fingerprint density at radius 3 is 2.66 bits per heavy atom. The van der Waals surface area contributed by atoms with Crippen molar-refractivity contribution in [3.05, 3.63) is 36.0 Å². The topological polar surface area (TPSA) is 76.9 Å². The van der Waals surface area contributed by atoms with Gasteiger partial charge in [-0.1, -0.05) is 0 Å². The molecule has 7 nitrogen and oxygen atoms in total. The molecule has 2 aromatic heterocycles. The summed E-state index contributed by atoms with van der Waals surface area (Å²) in [5.41, 5.74) is 1.49. The Balaban J connectivity index is 1.53. The summed E-state index contributed by atoms with van der Waals surface area (Å²) >= 11 is 0. The molecule has 1 aromatic carbocycles. The van der Waals surface area contributed by atoms with Gasteiger partial charge in [-0.25, -0.2) is 18.7 Å². The fourth-order valence-electron chi connectivity index (χ4n) is 4.90. The number of imidazole rings is 1. The number of nitrogens with one attached hydrogen (secondary N) is 2. The highest BCUT2D eigenvalue weighted by Crippen LogP contribution is 2.44. The first kappa shape index (κ1) is 21.1. The molecule has 0 radical (unpaired) electrons. The molecule has 1 aliphatic carbocycles. The van der Waals surface area contributed by atoms with E-state index in [4.69, 9.17) is 9.72 Å². The van der Waals surface area contributed by atoms with Gasteiger partial charge < -0.3 is 15.4 Å². The van der Waals surface area contributed by atoms with E-state index in [9.17, 15) is 8.78 Å². The molecule has 0 bridgehead atoms. The summed E-state index contributed by atoms with van der Waals surface area (Å²) in [7, 11) is 0. The van der Waals surface area contributed by atoms with E-state index in [0.29, 0.717) is 23.1 Å². The summed E-state index contributed by atoms with van der Waals surface area (Å²) in [6.07, 6.45) is 7.70. The van der Waals surface area contributed by atoms with Crippen molar-refractivity contribution >= 4 is 28.7 Å². The van der Waals surface area contributed by atoms with E-state index in [1.165, 1.54) is 12.1 Å². The second-order valence-corrected chi connectivity index (χ2v) is 9.12. The van der Waals surface area contributed by atoms with Gasteiger partial charge in [0, 0.05) is 24.8 Å². The zero-order chi connectivity index (χ0) is 22.3. The molecule has 0 unspecified atom stereocenters. The highest BCUT2D eigenvalue weighted by atomic mass is 19.1. The Kier molecular flexibility index (Phi) is 5.44. The molecular formula is C23H28F2N6O. The quantitative estimate of drug-likeness (QED) is 0.556. The number of ether oxygens (including phenoxy) is 1. The normalized spacial score (nSPS) is 23.3. The van der Waals surface area contributed by atoms with Crippen molar-refractivity contribution in [3.63, 3.8) is 0 Å². The average Bonchev–Trinajstić information content (AvgIpc) is 3.35. The Labute approximate surface area is 185 Å². The number of hydrogen-bond donors (Lipinski definition) is 2. The molecule has 170 valence electrons. The standard InChI is InChI=1S/C23H28F2N6O/c1-14(2)27-21-26-13-19-20(30-21)31(16-6-9-23(10-7-16)8-3-11-32-23)22(29-19)28-18-5-4-15(24)12-17(18)25/h4-5,12-14,16H,3,6-11H2,1-2H3,(H,28,29)(H,26,27,30). The fraction of sp³-hybridized carbons (Fsp3) is 0.522. The van der Waals surface area contributed by atoms with Crippen molar-refractivity contribution in [1.29, 1.82) is 0 Å². The Morgan fingerprint density at radius 2 is 1.97 bits per heavy atom. The first-order valence-electron chi connectivity index (χ1n) is 11.3. The van der Waals surface area contributed by atoms with Crippen LogP contribution in [0, 0.1) is 11.6 Å². The average molecular weight is 443 g/mol. The van der Waals surface area contributed by atoms with Crippen molar-refractivity contribution in [1.82, 2.24) is 19.5 Å². The minimum Gasteiger partial charge on any atom is -0.375 e. The van der Waals surface area contributed by atoms with E-state index in [2.05, 4.69) is 20.6 Å². The number of anilines is 3. The van der Waals surface area contributed by atoms with Crippen LogP contribution in [0.1, 0.15) is 58.4 Å². The van der Waals surface area contributed by atoms with Crippen molar-refractivity contribution in [2.24, 2.45) is 0 Å². The highest BCUT2D eigenvalue weighted by molar-refractivity contribution is 5.76. The van der Waals surface area contributed by atoms with Gasteiger partial charge in [-0.05, 0) is 64.5 Å². The van der Waals surface area contributed by atoms with E-state index in [0.717, 1.165) is 51.2 Å². The summed E-state index contributed by atoms with van der Waals surface area (Å²) in [5, 5.41) is 6.30. The second kappa shape index (κ2) is 8.27. The second-order valence-electron chi connectivity index (χ2n) is 9.12. The van der Waals surface area contributed by atoms with Crippen molar-refractivity contribution in [3.8, 4) is 0 Å². The van der Waals surface area contributed by atoms with Crippen molar-refractivity contribution in [2.75, 3.05) is 17.2 Å². The van der Waals surface area contributed by atoms with E-state index >= 15 is 0 Å². The highest BCUT2D eigenvalue weighted by Gasteiger charge is 2.40. The molecule has 1 saturated heterocycles. The number of halogens is 2. The molecule has 1 aliphatic heterocycles. The van der Waals surface area contributed by atoms with E-state index < -0.39 is 11.6 Å². The van der Waals surface area contributed by atoms with Crippen LogP contribution in [0.15, 0.2) is 24.4 Å². The van der Waals surface area contributed by atoms with Crippen LogP contribution in [0.4, 0.5) is 26.4 Å². The lowest BCUT2D eigenvalue weighted by atomic mass is 9.80. The molecule has 3 heterocycles. The van der Waals surface area contributed by atoms with Gasteiger partial charge in [-0.2, -0.15) is 4.98 Å². The van der Waals surface area contributed by atoms with E-state index in [1.807, 2.05) is 18.4 Å². The van der Waals surface area contributed by atoms with Crippen LogP contribution >= 0.6 is 0 Å². The Bertz CT molecular complexity index is 1120.